The van der Waals surface area contributed by atoms with Crippen LogP contribution in [0.25, 0.3) is 0 Å². The number of aliphatic hydroxyl groups excluding tert-OH is 1. The number of thioether (sulfide) groups is 1. The maximum atomic E-state index is 8.74. The first-order valence-corrected chi connectivity index (χ1v) is 6.83. The summed E-state index contributed by atoms with van der Waals surface area (Å²) in [6.45, 7) is 3.76. The van der Waals surface area contributed by atoms with E-state index in [2.05, 4.69) is 12.2 Å². The molecule has 1 heterocycles. The van der Waals surface area contributed by atoms with Gasteiger partial charge in [-0.2, -0.15) is 11.8 Å². The first kappa shape index (κ1) is 12.3. The molecule has 1 aliphatic heterocycles. The van der Waals surface area contributed by atoms with Crippen molar-refractivity contribution in [2.24, 2.45) is 0 Å². The third-order valence-electron chi connectivity index (χ3n) is 2.80. The molecule has 0 aliphatic carbocycles. The molecule has 3 heteroatoms. The van der Waals surface area contributed by atoms with E-state index in [1.807, 2.05) is 11.8 Å². The molecule has 14 heavy (non-hydrogen) atoms. The second-order valence-electron chi connectivity index (χ2n) is 4.13. The fourth-order valence-corrected chi connectivity index (χ4v) is 2.89. The highest BCUT2D eigenvalue weighted by molar-refractivity contribution is 7.99. The van der Waals surface area contributed by atoms with Gasteiger partial charge in [-0.25, -0.2) is 0 Å². The summed E-state index contributed by atoms with van der Waals surface area (Å²) in [6, 6.07) is 0.795. The predicted molar refractivity (Wildman–Crippen MR) is 63.9 cm³/mol. The molecule has 0 spiro atoms. The van der Waals surface area contributed by atoms with Crippen LogP contribution in [-0.4, -0.2) is 35.3 Å². The summed E-state index contributed by atoms with van der Waals surface area (Å²) in [5.74, 6) is 1.25. The van der Waals surface area contributed by atoms with Crippen molar-refractivity contribution in [2.45, 2.75) is 50.3 Å². The van der Waals surface area contributed by atoms with Crippen LogP contribution in [-0.2, 0) is 0 Å². The van der Waals surface area contributed by atoms with Gasteiger partial charge >= 0.3 is 0 Å². The van der Waals surface area contributed by atoms with Gasteiger partial charge in [-0.15, -0.1) is 0 Å². The van der Waals surface area contributed by atoms with Gasteiger partial charge in [-0.05, 0) is 44.4 Å². The molecule has 1 saturated heterocycles. The van der Waals surface area contributed by atoms with Gasteiger partial charge in [0.1, 0.15) is 0 Å². The molecule has 0 aromatic carbocycles. The van der Waals surface area contributed by atoms with E-state index >= 15 is 0 Å². The lowest BCUT2D eigenvalue weighted by molar-refractivity contribution is 0.289. The molecular weight excluding hydrogens is 194 g/mol. The lowest BCUT2D eigenvalue weighted by Gasteiger charge is -2.11. The largest absolute Gasteiger partial charge is 0.396 e. The number of hydrogen-bond acceptors (Lipinski definition) is 3. The predicted octanol–water partition coefficient (Wildman–Crippen LogP) is 2.02. The molecule has 0 saturated carbocycles. The smallest absolute Gasteiger partial charge is 0.0441 e. The van der Waals surface area contributed by atoms with Crippen LogP contribution < -0.4 is 5.32 Å². The lowest BCUT2D eigenvalue weighted by atomic mass is 10.1. The van der Waals surface area contributed by atoms with Gasteiger partial charge in [-0.1, -0.05) is 6.92 Å². The summed E-state index contributed by atoms with van der Waals surface area (Å²) < 4.78 is 0. The standard InChI is InChI=1S/C11H23NOS/c1-10(6-8-13)14-9-3-5-11-4-2-7-12-11/h10-13H,2-9H2,1H3. The molecular formula is C11H23NOS. The molecule has 0 bridgehead atoms. The van der Waals surface area contributed by atoms with E-state index < -0.39 is 0 Å². The Morgan fingerprint density at radius 2 is 2.43 bits per heavy atom. The lowest BCUT2D eigenvalue weighted by Crippen LogP contribution is -2.21. The normalized spacial score (nSPS) is 24.0. The van der Waals surface area contributed by atoms with Crippen LogP contribution in [0.3, 0.4) is 0 Å². The number of nitrogens with one attached hydrogen (secondary N) is 1. The highest BCUT2D eigenvalue weighted by Crippen LogP contribution is 2.17. The monoisotopic (exact) mass is 217 g/mol. The fourth-order valence-electron chi connectivity index (χ4n) is 1.88. The Morgan fingerprint density at radius 3 is 3.07 bits per heavy atom. The SMILES string of the molecule is CC(CCO)SCCCC1CCCN1. The van der Waals surface area contributed by atoms with Gasteiger partial charge in [0.15, 0.2) is 0 Å². The summed E-state index contributed by atoms with van der Waals surface area (Å²) in [5, 5.41) is 12.9. The molecule has 84 valence electrons. The van der Waals surface area contributed by atoms with Crippen LogP contribution in [0, 0.1) is 0 Å². The molecule has 0 aromatic heterocycles. The van der Waals surface area contributed by atoms with Crippen molar-refractivity contribution in [3.05, 3.63) is 0 Å². The summed E-state index contributed by atoms with van der Waals surface area (Å²) in [6.07, 6.45) is 6.32. The zero-order chi connectivity index (χ0) is 10.2. The first-order chi connectivity index (χ1) is 6.83. The minimum Gasteiger partial charge on any atom is -0.396 e. The van der Waals surface area contributed by atoms with E-state index in [-0.39, 0.29) is 0 Å². The average Bonchev–Trinajstić information content (AvgIpc) is 2.65. The van der Waals surface area contributed by atoms with Crippen LogP contribution in [0.1, 0.15) is 39.0 Å². The van der Waals surface area contributed by atoms with Gasteiger partial charge in [0, 0.05) is 17.9 Å². The molecule has 1 fully saturated rings. The topological polar surface area (TPSA) is 32.3 Å². The van der Waals surface area contributed by atoms with E-state index in [1.54, 1.807) is 0 Å². The zero-order valence-corrected chi connectivity index (χ0v) is 9.98. The van der Waals surface area contributed by atoms with Crippen molar-refractivity contribution < 1.29 is 5.11 Å². The highest BCUT2D eigenvalue weighted by Gasteiger charge is 2.13. The summed E-state index contributed by atoms with van der Waals surface area (Å²) in [5.41, 5.74) is 0. The number of hydrogen-bond donors (Lipinski definition) is 2. The molecule has 1 aliphatic rings. The Labute approximate surface area is 91.9 Å². The maximum Gasteiger partial charge on any atom is 0.0441 e. The van der Waals surface area contributed by atoms with Gasteiger partial charge in [0.25, 0.3) is 0 Å². The van der Waals surface area contributed by atoms with E-state index in [0.29, 0.717) is 11.9 Å². The van der Waals surface area contributed by atoms with Crippen molar-refractivity contribution in [2.75, 3.05) is 18.9 Å². The highest BCUT2D eigenvalue weighted by atomic mass is 32.2. The van der Waals surface area contributed by atoms with Crippen LogP contribution in [0.15, 0.2) is 0 Å². The minimum atomic E-state index is 0.332. The maximum absolute atomic E-state index is 8.74. The van der Waals surface area contributed by atoms with Crippen molar-refractivity contribution in [1.29, 1.82) is 0 Å². The Bertz CT molecular complexity index is 137. The average molecular weight is 217 g/mol. The van der Waals surface area contributed by atoms with E-state index in [0.717, 1.165) is 12.5 Å². The van der Waals surface area contributed by atoms with Crippen LogP contribution >= 0.6 is 11.8 Å². The quantitative estimate of drug-likeness (QED) is 0.640. The third-order valence-corrected chi connectivity index (χ3v) is 4.13. The first-order valence-electron chi connectivity index (χ1n) is 5.78. The zero-order valence-electron chi connectivity index (χ0n) is 9.17. The molecule has 2 unspecified atom stereocenters. The summed E-state index contributed by atoms with van der Waals surface area (Å²) >= 11 is 2.00. The molecule has 0 radical (unpaired) electrons. The second-order valence-corrected chi connectivity index (χ2v) is 5.68. The van der Waals surface area contributed by atoms with Crippen LogP contribution in [0.4, 0.5) is 0 Å². The third kappa shape index (κ3) is 5.23. The molecule has 0 aromatic rings. The number of rotatable bonds is 7. The van der Waals surface area contributed by atoms with Crippen LogP contribution in [0.5, 0.6) is 0 Å². The Balaban J connectivity index is 1.88. The van der Waals surface area contributed by atoms with Gasteiger partial charge < -0.3 is 10.4 Å². The summed E-state index contributed by atoms with van der Waals surface area (Å²) in [4.78, 5) is 0. The molecule has 1 rings (SSSR count). The van der Waals surface area contributed by atoms with Crippen molar-refractivity contribution in [1.82, 2.24) is 5.32 Å². The molecule has 2 atom stereocenters. The van der Waals surface area contributed by atoms with Crippen molar-refractivity contribution >= 4 is 11.8 Å². The van der Waals surface area contributed by atoms with Gasteiger partial charge in [-0.3, -0.25) is 0 Å². The minimum absolute atomic E-state index is 0.332. The van der Waals surface area contributed by atoms with Crippen molar-refractivity contribution in [3.8, 4) is 0 Å². The molecule has 2 N–H and O–H groups in total. The number of aliphatic hydroxyl groups is 1. The van der Waals surface area contributed by atoms with E-state index in [9.17, 15) is 0 Å². The van der Waals surface area contributed by atoms with Gasteiger partial charge in [0.2, 0.25) is 0 Å². The van der Waals surface area contributed by atoms with Crippen LogP contribution in [0.2, 0.25) is 0 Å². The van der Waals surface area contributed by atoms with E-state index in [1.165, 1.54) is 38.0 Å². The van der Waals surface area contributed by atoms with Crippen molar-refractivity contribution in [3.63, 3.8) is 0 Å². The Morgan fingerprint density at radius 1 is 1.57 bits per heavy atom. The summed E-state index contributed by atoms with van der Waals surface area (Å²) in [7, 11) is 0. The molecule has 2 nitrogen and oxygen atoms in total. The van der Waals surface area contributed by atoms with E-state index in [4.69, 9.17) is 5.11 Å². The Kier molecular flexibility index (Phi) is 6.65. The Hall–Kier alpha value is 0.270. The molecule has 0 amide bonds. The van der Waals surface area contributed by atoms with Gasteiger partial charge in [0.05, 0.1) is 0 Å². The second kappa shape index (κ2) is 7.55. The fraction of sp³-hybridized carbons (Fsp3) is 1.00.